The molecule has 15 rings (SSSR count). The molecule has 2 N–H and O–H groups in total. The quantitative estimate of drug-likeness (QED) is 0.117. The van der Waals surface area contributed by atoms with E-state index < -0.39 is 69.4 Å². The van der Waals surface area contributed by atoms with E-state index in [0.29, 0.717) is 26.4 Å². The van der Waals surface area contributed by atoms with Crippen molar-refractivity contribution < 1.29 is 97.0 Å². The normalized spacial score (nSPS) is 38.4. The first-order valence-corrected chi connectivity index (χ1v) is 27.8. The van der Waals surface area contributed by atoms with Crippen LogP contribution in [0.4, 0.5) is 0 Å². The molecule has 0 aliphatic carbocycles. The maximum Gasteiger partial charge on any atom is 0.297 e. The first-order chi connectivity index (χ1) is 36.3. The number of hydrogen-bond donors (Lipinski definition) is 2. The van der Waals surface area contributed by atoms with Crippen LogP contribution in [-0.4, -0.2) is 176 Å². The van der Waals surface area contributed by atoms with Gasteiger partial charge >= 0.3 is 0 Å². The molecule has 420 valence electrons. The summed E-state index contributed by atoms with van der Waals surface area (Å²) in [5, 5.41) is 20.1. The highest BCUT2D eigenvalue weighted by Crippen LogP contribution is 2.45. The minimum absolute atomic E-state index is 0. The number of halogens is 1. The second kappa shape index (κ2) is 23.7. The van der Waals surface area contributed by atoms with Gasteiger partial charge in [0.25, 0.3) is 20.2 Å². The van der Waals surface area contributed by atoms with Crippen LogP contribution in [-0.2, 0) is 103 Å². The summed E-state index contributed by atoms with van der Waals surface area (Å²) in [5.41, 5.74) is 4.01. The molecule has 0 aromatic heterocycles. The molecular formula is C53H63IO21S2. The molecule has 20 atom stereocenters. The molecular weight excluding hydrogens is 1160 g/mol. The molecule has 0 radical (unpaired) electrons. The third-order valence-electron chi connectivity index (χ3n) is 14.5. The van der Waals surface area contributed by atoms with Gasteiger partial charge in [0.05, 0.1) is 49.4 Å². The maximum absolute atomic E-state index is 12.6. The lowest BCUT2D eigenvalue weighted by atomic mass is 10.0. The summed E-state index contributed by atoms with van der Waals surface area (Å²) in [4.78, 5) is 0.132. The third kappa shape index (κ3) is 12.5. The van der Waals surface area contributed by atoms with Crippen molar-refractivity contribution in [3.8, 4) is 0 Å². The molecule has 0 saturated carbocycles. The van der Waals surface area contributed by atoms with E-state index >= 15 is 0 Å². The van der Waals surface area contributed by atoms with Crippen LogP contribution in [0.5, 0.6) is 0 Å². The average Bonchev–Trinajstić information content (AvgIpc) is 4.40. The van der Waals surface area contributed by atoms with Gasteiger partial charge in [0.15, 0.2) is 37.4 Å². The molecule has 21 nitrogen and oxygen atoms in total. The fraction of sp³-hybridized carbons (Fsp3) is 0.547. The molecule has 11 fully saturated rings. The first kappa shape index (κ1) is 57.1. The van der Waals surface area contributed by atoms with Crippen LogP contribution >= 0.6 is 24.0 Å². The summed E-state index contributed by atoms with van der Waals surface area (Å²) in [6.45, 7) is 6.37. The Kier molecular flexibility index (Phi) is 17.6. The van der Waals surface area contributed by atoms with E-state index in [-0.39, 0.29) is 128 Å². The monoisotopic (exact) mass is 1230 g/mol. The second-order valence-electron chi connectivity index (χ2n) is 19.9. The second-order valence-corrected chi connectivity index (χ2v) is 23.0. The van der Waals surface area contributed by atoms with Crippen molar-refractivity contribution in [1.29, 1.82) is 0 Å². The molecule has 11 aliphatic heterocycles. The van der Waals surface area contributed by atoms with E-state index in [0.717, 1.165) is 16.7 Å². The first-order valence-electron chi connectivity index (χ1n) is 25.0. The summed E-state index contributed by atoms with van der Waals surface area (Å²) in [6, 6.07) is 32.4. The Bertz CT molecular complexity index is 2820. The lowest BCUT2D eigenvalue weighted by Gasteiger charge is -2.37. The smallest absolute Gasteiger partial charge is 0.297 e. The van der Waals surface area contributed by atoms with E-state index in [1.54, 1.807) is 24.3 Å². The van der Waals surface area contributed by atoms with Crippen LogP contribution < -0.4 is 0 Å². The van der Waals surface area contributed by atoms with E-state index in [1.807, 2.05) is 62.4 Å². The van der Waals surface area contributed by atoms with Gasteiger partial charge in [-0.05, 0) is 49.2 Å². The molecule has 24 heteroatoms. The fourth-order valence-electron chi connectivity index (χ4n) is 10.2. The SMILES string of the molecule is C.Cc1ccc(S(=O)(=O)OC2C3OCC(O3)C(OCc3ccccc3)C2O)cc1.Cc1ccc(S(=O)(=O)OC2C3OCC(O3)C3OC32)cc1.I.OC1C2COC(O2)C2OC12.c1ccc(COC2C3COC(O3)C3OC23)cc1. The van der Waals surface area contributed by atoms with Gasteiger partial charge in [-0.1, -0.05) is 103 Å². The van der Waals surface area contributed by atoms with Crippen molar-refractivity contribution in [3.63, 3.8) is 0 Å². The molecule has 11 heterocycles. The minimum atomic E-state index is -4.10. The van der Waals surface area contributed by atoms with Gasteiger partial charge in [-0.3, -0.25) is 8.37 Å². The molecule has 0 spiro atoms. The van der Waals surface area contributed by atoms with Crippen molar-refractivity contribution in [1.82, 2.24) is 0 Å². The van der Waals surface area contributed by atoms with Gasteiger partial charge in [-0.15, -0.1) is 24.0 Å². The Balaban J connectivity index is 0.000000121. The van der Waals surface area contributed by atoms with E-state index in [9.17, 15) is 27.0 Å². The Morgan fingerprint density at radius 1 is 0.429 bits per heavy atom. The fourth-order valence-corrected chi connectivity index (χ4v) is 12.4. The Hall–Kier alpha value is -3.17. The predicted molar refractivity (Wildman–Crippen MR) is 275 cm³/mol. The van der Waals surface area contributed by atoms with Crippen molar-refractivity contribution in [3.05, 3.63) is 131 Å². The summed E-state index contributed by atoms with van der Waals surface area (Å²) >= 11 is 0. The van der Waals surface area contributed by atoms with Crippen molar-refractivity contribution in [2.75, 3.05) is 26.4 Å². The van der Waals surface area contributed by atoms with Crippen LogP contribution in [0.25, 0.3) is 0 Å². The van der Waals surface area contributed by atoms with E-state index in [2.05, 4.69) is 12.1 Å². The summed E-state index contributed by atoms with van der Waals surface area (Å²) < 4.78 is 132. The highest BCUT2D eigenvalue weighted by Gasteiger charge is 2.64. The van der Waals surface area contributed by atoms with Gasteiger partial charge in [-0.2, -0.15) is 16.8 Å². The number of ether oxygens (including phenoxy) is 13. The molecule has 11 aliphatic rings. The Labute approximate surface area is 463 Å². The summed E-state index contributed by atoms with van der Waals surface area (Å²) in [5.74, 6) is 0. The molecule has 20 unspecified atom stereocenters. The van der Waals surface area contributed by atoms with Crippen molar-refractivity contribution in [2.45, 2.75) is 167 Å². The van der Waals surface area contributed by atoms with Gasteiger partial charge < -0.3 is 71.8 Å². The topological polar surface area (TPSA) is 257 Å². The lowest BCUT2D eigenvalue weighted by molar-refractivity contribution is -0.232. The van der Waals surface area contributed by atoms with Crippen LogP contribution in [0, 0.1) is 13.8 Å². The Morgan fingerprint density at radius 2 is 0.831 bits per heavy atom. The number of aliphatic hydroxyl groups is 2. The average molecular weight is 1230 g/mol. The predicted octanol–water partition coefficient (Wildman–Crippen LogP) is 3.58. The zero-order chi connectivity index (χ0) is 51.6. The number of aryl methyl sites for hydroxylation is 2. The number of epoxide rings is 3. The maximum atomic E-state index is 12.6. The van der Waals surface area contributed by atoms with Gasteiger partial charge in [0.1, 0.15) is 85.5 Å². The summed E-state index contributed by atoms with van der Waals surface area (Å²) in [6.07, 6.45) is -7.13. The zero-order valence-electron chi connectivity index (χ0n) is 41.1. The van der Waals surface area contributed by atoms with E-state index in [1.165, 1.54) is 29.8 Å². The van der Waals surface area contributed by atoms with Crippen LogP contribution in [0.2, 0.25) is 0 Å². The zero-order valence-corrected chi connectivity index (χ0v) is 45.0. The van der Waals surface area contributed by atoms with Gasteiger partial charge in [0, 0.05) is 0 Å². The number of rotatable bonds is 12. The van der Waals surface area contributed by atoms with Crippen molar-refractivity contribution >= 4 is 44.2 Å². The third-order valence-corrected chi connectivity index (χ3v) is 17.1. The largest absolute Gasteiger partial charge is 0.387 e. The molecule has 77 heavy (non-hydrogen) atoms. The van der Waals surface area contributed by atoms with Gasteiger partial charge in [0.2, 0.25) is 0 Å². The number of aliphatic hydroxyl groups excluding tert-OH is 2. The number of benzene rings is 4. The van der Waals surface area contributed by atoms with Crippen molar-refractivity contribution in [2.24, 2.45) is 0 Å². The lowest BCUT2D eigenvalue weighted by Crippen LogP contribution is -2.56. The molecule has 11 saturated heterocycles. The molecule has 4 aromatic rings. The highest BCUT2D eigenvalue weighted by molar-refractivity contribution is 14.0. The minimum Gasteiger partial charge on any atom is -0.387 e. The van der Waals surface area contributed by atoms with Crippen LogP contribution in [0.1, 0.15) is 29.7 Å². The molecule has 8 bridgehead atoms. The van der Waals surface area contributed by atoms with Gasteiger partial charge in [-0.25, -0.2) is 0 Å². The van der Waals surface area contributed by atoms with Crippen LogP contribution in [0.15, 0.2) is 119 Å². The standard InChI is InChI=1S/C20H22O7S.C13H14O6S.C13H14O4.C6H8O4.CH4.HI/c1-13-7-9-15(10-8-13)28(22,23)27-19-17(21)18(16-12-25-20(19)26-16)24-11-14-5-3-2-4-6-14;1-7-2-4-8(5-3-7)20(14,15)19-12-11-10(18-11)9-6-16-13(12)17-9;1-2-4-8(5-3-1)6-14-10-9-7-15-13(16-9)12-11(10)17-12;7-3-2-1-8-6(9-2)5-4(3)10-5;;/h2-10,16-21H,11-12H2,1H3;2-5,9-13H,6H2,1H3;1-5,9-13H,6-7H2;2-7H,1H2;1H4;1H. The summed E-state index contributed by atoms with van der Waals surface area (Å²) in [7, 11) is -7.95. The number of fused-ring (bicyclic) bond motifs is 14. The highest BCUT2D eigenvalue weighted by atomic mass is 127. The molecule has 0 amide bonds. The number of hydrogen-bond acceptors (Lipinski definition) is 21. The van der Waals surface area contributed by atoms with Crippen LogP contribution in [0.3, 0.4) is 0 Å². The van der Waals surface area contributed by atoms with E-state index in [4.69, 9.17) is 69.9 Å². The Morgan fingerprint density at radius 3 is 1.42 bits per heavy atom. The molecule has 4 aromatic carbocycles.